The lowest BCUT2D eigenvalue weighted by atomic mass is 9.80. The van der Waals surface area contributed by atoms with E-state index in [0.29, 0.717) is 18.4 Å². The molecule has 0 radical (unpaired) electrons. The highest BCUT2D eigenvalue weighted by molar-refractivity contribution is 4.82. The number of likely N-dealkylation sites (tertiary alicyclic amines) is 1. The van der Waals surface area contributed by atoms with Gasteiger partial charge in [-0.1, -0.05) is 6.92 Å². The summed E-state index contributed by atoms with van der Waals surface area (Å²) in [5.74, 6) is 1.77. The number of piperidine rings is 1. The number of nitrogens with zero attached hydrogens (tertiary/aromatic N) is 1. The van der Waals surface area contributed by atoms with Crippen molar-refractivity contribution in [1.29, 1.82) is 0 Å². The van der Waals surface area contributed by atoms with E-state index in [0.717, 1.165) is 44.8 Å². The lowest BCUT2D eigenvalue weighted by molar-refractivity contribution is 0.0211. The zero-order chi connectivity index (χ0) is 12.3. The van der Waals surface area contributed by atoms with Gasteiger partial charge in [-0.15, -0.1) is 0 Å². The maximum Gasteiger partial charge on any atom is 0.0580 e. The van der Waals surface area contributed by atoms with Crippen molar-refractivity contribution in [2.24, 2.45) is 17.8 Å². The molecule has 3 atom stereocenters. The second-order valence-electron chi connectivity index (χ2n) is 6.17. The Kier molecular flexibility index (Phi) is 4.83. The molecule has 0 aromatic heterocycles. The summed E-state index contributed by atoms with van der Waals surface area (Å²) in [6, 6.07) is 0. The van der Waals surface area contributed by atoms with E-state index in [1.54, 1.807) is 0 Å². The van der Waals surface area contributed by atoms with E-state index in [4.69, 9.17) is 5.11 Å². The zero-order valence-electron chi connectivity index (χ0n) is 11.0. The van der Waals surface area contributed by atoms with Crippen molar-refractivity contribution >= 4 is 0 Å². The number of aliphatic hydroxyl groups excluding tert-OH is 2. The smallest absolute Gasteiger partial charge is 0.0580 e. The van der Waals surface area contributed by atoms with E-state index in [2.05, 4.69) is 11.8 Å². The van der Waals surface area contributed by atoms with Crippen molar-refractivity contribution in [3.8, 4) is 0 Å². The van der Waals surface area contributed by atoms with Crippen LogP contribution in [-0.4, -0.2) is 47.5 Å². The Hall–Kier alpha value is -0.120. The second kappa shape index (κ2) is 6.17. The minimum Gasteiger partial charge on any atom is -0.396 e. The van der Waals surface area contributed by atoms with E-state index >= 15 is 0 Å². The van der Waals surface area contributed by atoms with Gasteiger partial charge >= 0.3 is 0 Å². The van der Waals surface area contributed by atoms with Gasteiger partial charge < -0.3 is 15.1 Å². The molecule has 2 aliphatic rings. The second-order valence-corrected chi connectivity index (χ2v) is 6.17. The Morgan fingerprint density at radius 2 is 1.82 bits per heavy atom. The summed E-state index contributed by atoms with van der Waals surface area (Å²) in [7, 11) is 0. The zero-order valence-corrected chi connectivity index (χ0v) is 11.0. The first kappa shape index (κ1) is 13.3. The molecule has 1 saturated heterocycles. The highest BCUT2D eigenvalue weighted by Crippen LogP contribution is 2.30. The first-order valence-electron chi connectivity index (χ1n) is 7.20. The molecule has 3 nitrogen and oxygen atoms in total. The molecular weight excluding hydrogens is 214 g/mol. The summed E-state index contributed by atoms with van der Waals surface area (Å²) in [6.45, 7) is 5.91. The molecule has 2 N–H and O–H groups in total. The number of aliphatic hydroxyl groups is 2. The molecule has 1 aliphatic heterocycles. The summed E-state index contributed by atoms with van der Waals surface area (Å²) >= 11 is 0. The fraction of sp³-hybridized carbons (Fsp3) is 1.00. The normalized spacial score (nSPS) is 37.2. The average Bonchev–Trinajstić information content (AvgIpc) is 2.35. The molecule has 0 spiro atoms. The Balaban J connectivity index is 1.76. The van der Waals surface area contributed by atoms with Gasteiger partial charge in [-0.05, 0) is 62.9 Å². The summed E-state index contributed by atoms with van der Waals surface area (Å²) in [4.78, 5) is 2.48. The molecule has 3 heteroatoms. The molecule has 0 bridgehead atoms. The predicted molar refractivity (Wildman–Crippen MR) is 68.8 cm³/mol. The minimum atomic E-state index is -0.0817. The van der Waals surface area contributed by atoms with Crippen molar-refractivity contribution in [1.82, 2.24) is 4.90 Å². The Bertz CT molecular complexity index is 226. The lowest BCUT2D eigenvalue weighted by Crippen LogP contribution is -2.42. The number of hydrogen-bond donors (Lipinski definition) is 2. The van der Waals surface area contributed by atoms with Crippen LogP contribution in [0.2, 0.25) is 0 Å². The molecule has 0 aromatic rings. The largest absolute Gasteiger partial charge is 0.396 e. The van der Waals surface area contributed by atoms with Gasteiger partial charge in [0.05, 0.1) is 6.10 Å². The van der Waals surface area contributed by atoms with Crippen LogP contribution in [0.25, 0.3) is 0 Å². The Labute approximate surface area is 105 Å². The van der Waals surface area contributed by atoms with Crippen LogP contribution in [0.3, 0.4) is 0 Å². The topological polar surface area (TPSA) is 43.7 Å². The molecule has 100 valence electrons. The van der Waals surface area contributed by atoms with Gasteiger partial charge in [-0.2, -0.15) is 0 Å². The Morgan fingerprint density at radius 3 is 2.47 bits per heavy atom. The van der Waals surface area contributed by atoms with Crippen LogP contribution in [0.4, 0.5) is 0 Å². The van der Waals surface area contributed by atoms with Crippen molar-refractivity contribution in [2.45, 2.75) is 45.1 Å². The SMILES string of the molecule is CC1CCC(O)C(CN2CCC(CO)CC2)C1. The Morgan fingerprint density at radius 1 is 1.12 bits per heavy atom. The highest BCUT2D eigenvalue weighted by atomic mass is 16.3. The van der Waals surface area contributed by atoms with E-state index in [9.17, 15) is 5.11 Å². The minimum absolute atomic E-state index is 0.0817. The van der Waals surface area contributed by atoms with E-state index in [1.165, 1.54) is 12.8 Å². The van der Waals surface area contributed by atoms with Gasteiger partial charge in [0.2, 0.25) is 0 Å². The van der Waals surface area contributed by atoms with E-state index < -0.39 is 0 Å². The molecule has 2 rings (SSSR count). The van der Waals surface area contributed by atoms with Crippen LogP contribution in [0.5, 0.6) is 0 Å². The van der Waals surface area contributed by atoms with Crippen molar-refractivity contribution < 1.29 is 10.2 Å². The number of hydrogen-bond acceptors (Lipinski definition) is 3. The maximum atomic E-state index is 10.0. The average molecular weight is 241 g/mol. The van der Waals surface area contributed by atoms with Crippen LogP contribution in [0.15, 0.2) is 0 Å². The highest BCUT2D eigenvalue weighted by Gasteiger charge is 2.29. The van der Waals surface area contributed by atoms with Gasteiger partial charge in [0, 0.05) is 13.2 Å². The van der Waals surface area contributed by atoms with Crippen molar-refractivity contribution in [3.63, 3.8) is 0 Å². The van der Waals surface area contributed by atoms with Gasteiger partial charge in [0.1, 0.15) is 0 Å². The summed E-state index contributed by atoms with van der Waals surface area (Å²) in [5, 5.41) is 19.2. The molecular formula is C14H27NO2. The number of rotatable bonds is 3. The molecule has 0 amide bonds. The fourth-order valence-corrected chi connectivity index (χ4v) is 3.36. The van der Waals surface area contributed by atoms with Crippen LogP contribution in [0.1, 0.15) is 39.0 Å². The molecule has 3 unspecified atom stereocenters. The lowest BCUT2D eigenvalue weighted by Gasteiger charge is -2.38. The van der Waals surface area contributed by atoms with E-state index in [-0.39, 0.29) is 6.10 Å². The summed E-state index contributed by atoms with van der Waals surface area (Å²) in [6.07, 6.45) is 5.51. The van der Waals surface area contributed by atoms with Crippen molar-refractivity contribution in [2.75, 3.05) is 26.2 Å². The monoisotopic (exact) mass is 241 g/mol. The summed E-state index contributed by atoms with van der Waals surface area (Å²) in [5.41, 5.74) is 0. The first-order valence-corrected chi connectivity index (χ1v) is 7.20. The molecule has 2 fully saturated rings. The third-order valence-electron chi connectivity index (χ3n) is 4.66. The van der Waals surface area contributed by atoms with Crippen LogP contribution in [0, 0.1) is 17.8 Å². The fourth-order valence-electron chi connectivity index (χ4n) is 3.36. The maximum absolute atomic E-state index is 10.0. The first-order chi connectivity index (χ1) is 8.19. The van der Waals surface area contributed by atoms with E-state index in [1.807, 2.05) is 0 Å². The quantitative estimate of drug-likeness (QED) is 0.787. The third-order valence-corrected chi connectivity index (χ3v) is 4.66. The van der Waals surface area contributed by atoms with Gasteiger partial charge in [-0.3, -0.25) is 0 Å². The van der Waals surface area contributed by atoms with Crippen LogP contribution in [-0.2, 0) is 0 Å². The summed E-state index contributed by atoms with van der Waals surface area (Å²) < 4.78 is 0. The molecule has 1 saturated carbocycles. The molecule has 17 heavy (non-hydrogen) atoms. The van der Waals surface area contributed by atoms with Gasteiger partial charge in [0.25, 0.3) is 0 Å². The van der Waals surface area contributed by atoms with Gasteiger partial charge in [0.15, 0.2) is 0 Å². The van der Waals surface area contributed by atoms with Crippen LogP contribution >= 0.6 is 0 Å². The third kappa shape index (κ3) is 3.67. The molecule has 0 aromatic carbocycles. The van der Waals surface area contributed by atoms with Crippen molar-refractivity contribution in [3.05, 3.63) is 0 Å². The van der Waals surface area contributed by atoms with Gasteiger partial charge in [-0.25, -0.2) is 0 Å². The predicted octanol–water partition coefficient (Wildman–Crippen LogP) is 1.49. The molecule has 1 aliphatic carbocycles. The van der Waals surface area contributed by atoms with Crippen LogP contribution < -0.4 is 0 Å². The standard InChI is InChI=1S/C14H27NO2/c1-11-2-3-14(17)13(8-11)9-15-6-4-12(10-16)5-7-15/h11-14,16-17H,2-10H2,1H3. The molecule has 1 heterocycles.